The molecule has 0 unspecified atom stereocenters. The van der Waals surface area contributed by atoms with Crippen molar-refractivity contribution in [3.8, 4) is 0 Å². The van der Waals surface area contributed by atoms with E-state index < -0.39 is 21.5 Å². The molecule has 19 heavy (non-hydrogen) atoms. The number of hydrogen-bond donors (Lipinski definition) is 1. The molecule has 106 valence electrons. The Hall–Kier alpha value is -0.920. The lowest BCUT2D eigenvalue weighted by atomic mass is 10.0. The molecule has 0 spiro atoms. The molecule has 0 amide bonds. The minimum absolute atomic E-state index is 0.0417. The number of aryl methyl sites for hydroxylation is 1. The Morgan fingerprint density at radius 2 is 2.11 bits per heavy atom. The lowest BCUT2D eigenvalue weighted by Crippen LogP contribution is -2.43. The lowest BCUT2D eigenvalue weighted by molar-refractivity contribution is 0.0698. The molecule has 1 aromatic rings. The van der Waals surface area contributed by atoms with Crippen molar-refractivity contribution in [1.82, 2.24) is 4.31 Å². The quantitative estimate of drug-likeness (QED) is 0.930. The maximum Gasteiger partial charge on any atom is 0.347 e. The first kappa shape index (κ1) is 14.5. The van der Waals surface area contributed by atoms with E-state index in [0.717, 1.165) is 24.2 Å². The number of rotatable bonds is 3. The molecule has 0 aromatic carbocycles. The van der Waals surface area contributed by atoms with Crippen molar-refractivity contribution in [2.45, 2.75) is 44.0 Å². The van der Waals surface area contributed by atoms with Gasteiger partial charge in [0.15, 0.2) is 0 Å². The highest BCUT2D eigenvalue weighted by Gasteiger charge is 2.43. The molecule has 2 heterocycles. The number of nitrogens with zero attached hydrogens (tertiary/aromatic N) is 1. The largest absolute Gasteiger partial charge is 0.477 e. The van der Waals surface area contributed by atoms with Gasteiger partial charge in [0.1, 0.15) is 9.77 Å². The standard InChI is InChI=1S/C12H17NO4S2/c1-8-7-18-9(11(14)15)10(8)19(16,17)13-6-4-5-12(13,2)3/h7H,4-6H2,1-3H3,(H,14,15). The highest BCUT2D eigenvalue weighted by atomic mass is 32.2. The summed E-state index contributed by atoms with van der Waals surface area (Å²) in [6, 6.07) is 0. The molecule has 1 saturated heterocycles. The number of sulfonamides is 1. The summed E-state index contributed by atoms with van der Waals surface area (Å²) < 4.78 is 26.9. The minimum Gasteiger partial charge on any atom is -0.477 e. The molecule has 7 heteroatoms. The van der Waals surface area contributed by atoms with Crippen molar-refractivity contribution in [2.24, 2.45) is 0 Å². The van der Waals surface area contributed by atoms with Gasteiger partial charge in [-0.15, -0.1) is 11.3 Å². The fourth-order valence-electron chi connectivity index (χ4n) is 2.54. The van der Waals surface area contributed by atoms with Crippen LogP contribution in [0.3, 0.4) is 0 Å². The molecule has 1 aliphatic heterocycles. The fraction of sp³-hybridized carbons (Fsp3) is 0.583. The second-order valence-electron chi connectivity index (χ2n) is 5.38. The van der Waals surface area contributed by atoms with E-state index in [1.165, 1.54) is 4.31 Å². The Balaban J connectivity index is 2.58. The Labute approximate surface area is 116 Å². The van der Waals surface area contributed by atoms with Gasteiger partial charge in [0, 0.05) is 12.1 Å². The van der Waals surface area contributed by atoms with Crippen LogP contribution in [0.4, 0.5) is 0 Å². The molecular formula is C12H17NO4S2. The maximum atomic E-state index is 12.7. The predicted octanol–water partition coefficient (Wildman–Crippen LogP) is 2.32. The molecule has 1 aliphatic rings. The predicted molar refractivity (Wildman–Crippen MR) is 73.2 cm³/mol. The Morgan fingerprint density at radius 3 is 2.58 bits per heavy atom. The molecule has 1 N–H and O–H groups in total. The van der Waals surface area contributed by atoms with Gasteiger partial charge in [0.25, 0.3) is 0 Å². The summed E-state index contributed by atoms with van der Waals surface area (Å²) in [4.78, 5) is 11.0. The molecule has 1 fully saturated rings. The van der Waals surface area contributed by atoms with Crippen LogP contribution in [0.15, 0.2) is 10.3 Å². The van der Waals surface area contributed by atoms with Crippen molar-refractivity contribution in [1.29, 1.82) is 0 Å². The highest BCUT2D eigenvalue weighted by molar-refractivity contribution is 7.89. The molecule has 0 saturated carbocycles. The first-order valence-electron chi connectivity index (χ1n) is 6.02. The third-order valence-corrected chi connectivity index (χ3v) is 7.00. The Bertz CT molecular complexity index is 616. The SMILES string of the molecule is Cc1csc(C(=O)O)c1S(=O)(=O)N1CCCC1(C)C. The summed E-state index contributed by atoms with van der Waals surface area (Å²) >= 11 is 0.965. The van der Waals surface area contributed by atoms with Gasteiger partial charge in [-0.25, -0.2) is 13.2 Å². The van der Waals surface area contributed by atoms with Crippen LogP contribution in [0.5, 0.6) is 0 Å². The molecule has 2 rings (SSSR count). The van der Waals surface area contributed by atoms with E-state index in [4.69, 9.17) is 5.11 Å². The second kappa shape index (κ2) is 4.57. The van der Waals surface area contributed by atoms with Gasteiger partial charge in [0.05, 0.1) is 0 Å². The van der Waals surface area contributed by atoms with Gasteiger partial charge in [-0.1, -0.05) is 0 Å². The first-order chi connectivity index (χ1) is 8.68. The van der Waals surface area contributed by atoms with Crippen molar-refractivity contribution in [3.05, 3.63) is 15.8 Å². The van der Waals surface area contributed by atoms with E-state index in [0.29, 0.717) is 12.1 Å². The third-order valence-electron chi connectivity index (χ3n) is 3.49. The molecular weight excluding hydrogens is 286 g/mol. The van der Waals surface area contributed by atoms with Crippen LogP contribution in [-0.2, 0) is 10.0 Å². The average molecular weight is 303 g/mol. The van der Waals surface area contributed by atoms with Crippen LogP contribution >= 0.6 is 11.3 Å². The number of aromatic carboxylic acids is 1. The summed E-state index contributed by atoms with van der Waals surface area (Å²) in [5, 5.41) is 10.7. The van der Waals surface area contributed by atoms with E-state index in [1.807, 2.05) is 13.8 Å². The minimum atomic E-state index is -3.75. The van der Waals surface area contributed by atoms with Crippen LogP contribution in [0.2, 0.25) is 0 Å². The van der Waals surface area contributed by atoms with Crippen LogP contribution in [0, 0.1) is 6.92 Å². The van der Waals surface area contributed by atoms with Crippen LogP contribution < -0.4 is 0 Å². The number of carboxylic acid groups (broad SMARTS) is 1. The lowest BCUT2D eigenvalue weighted by Gasteiger charge is -2.30. The highest BCUT2D eigenvalue weighted by Crippen LogP contribution is 2.37. The van der Waals surface area contributed by atoms with Gasteiger partial charge in [-0.05, 0) is 44.6 Å². The number of carbonyl (C=O) groups is 1. The van der Waals surface area contributed by atoms with E-state index in [-0.39, 0.29) is 9.77 Å². The number of hydrogen-bond acceptors (Lipinski definition) is 4. The summed E-state index contributed by atoms with van der Waals surface area (Å²) in [6.45, 7) is 5.84. The summed E-state index contributed by atoms with van der Waals surface area (Å²) in [7, 11) is -3.75. The van der Waals surface area contributed by atoms with Crippen LogP contribution in [0.1, 0.15) is 41.9 Å². The fourth-order valence-corrected chi connectivity index (χ4v) is 5.98. The van der Waals surface area contributed by atoms with Gasteiger partial charge in [-0.2, -0.15) is 4.31 Å². The normalized spacial score (nSPS) is 19.7. The molecule has 0 radical (unpaired) electrons. The van der Waals surface area contributed by atoms with E-state index in [1.54, 1.807) is 12.3 Å². The smallest absolute Gasteiger partial charge is 0.347 e. The van der Waals surface area contributed by atoms with Crippen molar-refractivity contribution < 1.29 is 18.3 Å². The first-order valence-corrected chi connectivity index (χ1v) is 8.34. The van der Waals surface area contributed by atoms with Gasteiger partial charge >= 0.3 is 5.97 Å². The molecule has 0 aliphatic carbocycles. The van der Waals surface area contributed by atoms with Crippen molar-refractivity contribution in [2.75, 3.05) is 6.54 Å². The molecule has 1 aromatic heterocycles. The van der Waals surface area contributed by atoms with Gasteiger partial charge in [0.2, 0.25) is 10.0 Å². The maximum absolute atomic E-state index is 12.7. The zero-order chi connectivity index (χ0) is 14.4. The molecule has 0 atom stereocenters. The number of thiophene rings is 1. The summed E-state index contributed by atoms with van der Waals surface area (Å²) in [5.41, 5.74) is 0.0493. The van der Waals surface area contributed by atoms with E-state index >= 15 is 0 Å². The summed E-state index contributed by atoms with van der Waals surface area (Å²) in [5.74, 6) is -1.19. The average Bonchev–Trinajstić information content (AvgIpc) is 2.81. The van der Waals surface area contributed by atoms with Crippen molar-refractivity contribution >= 4 is 27.3 Å². The van der Waals surface area contributed by atoms with Gasteiger partial charge in [-0.3, -0.25) is 0 Å². The van der Waals surface area contributed by atoms with Gasteiger partial charge < -0.3 is 5.11 Å². The van der Waals surface area contributed by atoms with Crippen LogP contribution in [0.25, 0.3) is 0 Å². The number of carboxylic acids is 1. The topological polar surface area (TPSA) is 74.7 Å². The third kappa shape index (κ3) is 2.30. The van der Waals surface area contributed by atoms with E-state index in [2.05, 4.69) is 0 Å². The van der Waals surface area contributed by atoms with Crippen LogP contribution in [-0.4, -0.2) is 35.9 Å². The van der Waals surface area contributed by atoms with E-state index in [9.17, 15) is 13.2 Å². The Kier molecular flexibility index (Phi) is 3.49. The zero-order valence-corrected chi connectivity index (χ0v) is 12.8. The zero-order valence-electron chi connectivity index (χ0n) is 11.1. The van der Waals surface area contributed by atoms with Crippen molar-refractivity contribution in [3.63, 3.8) is 0 Å². The second-order valence-corrected chi connectivity index (χ2v) is 8.05. The molecule has 0 bridgehead atoms. The molecule has 5 nitrogen and oxygen atoms in total. The monoisotopic (exact) mass is 303 g/mol. The Morgan fingerprint density at radius 1 is 1.47 bits per heavy atom. The summed E-state index contributed by atoms with van der Waals surface area (Å²) in [6.07, 6.45) is 1.59.